The minimum absolute atomic E-state index is 0.0367. The Morgan fingerprint density at radius 3 is 2.96 bits per heavy atom. The van der Waals surface area contributed by atoms with Crippen LogP contribution in [0.4, 0.5) is 14.5 Å². The molecule has 1 amide bonds. The number of amides is 1. The molecule has 0 saturated carbocycles. The number of rotatable bonds is 6. The van der Waals surface area contributed by atoms with E-state index in [0.717, 1.165) is 29.5 Å². The lowest BCUT2D eigenvalue weighted by molar-refractivity contribution is -0.118. The van der Waals surface area contributed by atoms with Crippen molar-refractivity contribution >= 4 is 44.7 Å². The Kier molecular flexibility index (Phi) is 5.27. The molecule has 1 aromatic carbocycles. The van der Waals surface area contributed by atoms with Crippen molar-refractivity contribution in [2.75, 3.05) is 11.9 Å². The Morgan fingerprint density at radius 1 is 1.32 bits per heavy atom. The Hall–Kier alpha value is -2.52. The third-order valence-electron chi connectivity index (χ3n) is 4.24. The standard InChI is InChI=1S/C18H14ClF2N3O3S/c19-11-6-9(4-5-12(11)27-18(20)21)24-14(25)7-26-16-15-10-2-1-3-13(10)28-17(15)23-8-22-16/h4-6,8,18H,1-3,7H2,(H,24,25). The fourth-order valence-electron chi connectivity index (χ4n) is 3.11. The van der Waals surface area contributed by atoms with Gasteiger partial charge in [-0.25, -0.2) is 9.97 Å². The first-order chi connectivity index (χ1) is 13.5. The molecule has 10 heteroatoms. The normalized spacial score (nSPS) is 13.0. The van der Waals surface area contributed by atoms with Crippen molar-refractivity contribution in [1.82, 2.24) is 9.97 Å². The number of carbonyl (C=O) groups is 1. The van der Waals surface area contributed by atoms with E-state index in [1.807, 2.05) is 0 Å². The number of anilines is 1. The monoisotopic (exact) mass is 425 g/mol. The van der Waals surface area contributed by atoms with Gasteiger partial charge < -0.3 is 14.8 Å². The quantitative estimate of drug-likeness (QED) is 0.631. The number of thiophene rings is 1. The zero-order valence-electron chi connectivity index (χ0n) is 14.4. The van der Waals surface area contributed by atoms with Crippen LogP contribution in [0.5, 0.6) is 11.6 Å². The van der Waals surface area contributed by atoms with E-state index in [4.69, 9.17) is 16.3 Å². The van der Waals surface area contributed by atoms with Crippen molar-refractivity contribution in [3.05, 3.63) is 40.0 Å². The summed E-state index contributed by atoms with van der Waals surface area (Å²) in [5.41, 5.74) is 1.54. The first-order valence-electron chi connectivity index (χ1n) is 8.43. The van der Waals surface area contributed by atoms with Crippen LogP contribution >= 0.6 is 22.9 Å². The van der Waals surface area contributed by atoms with Crippen molar-refractivity contribution in [1.29, 1.82) is 0 Å². The van der Waals surface area contributed by atoms with Gasteiger partial charge in [-0.05, 0) is 43.0 Å². The summed E-state index contributed by atoms with van der Waals surface area (Å²) in [5.74, 6) is -0.212. The number of benzene rings is 1. The number of halogens is 3. The summed E-state index contributed by atoms with van der Waals surface area (Å²) >= 11 is 7.51. The number of aromatic nitrogens is 2. The molecule has 28 heavy (non-hydrogen) atoms. The van der Waals surface area contributed by atoms with Crippen molar-refractivity contribution in [3.63, 3.8) is 0 Å². The van der Waals surface area contributed by atoms with E-state index in [-0.39, 0.29) is 17.4 Å². The summed E-state index contributed by atoms with van der Waals surface area (Å²) in [5, 5.41) is 3.44. The maximum Gasteiger partial charge on any atom is 0.387 e. The molecule has 3 aromatic rings. The molecule has 4 rings (SSSR count). The average Bonchev–Trinajstić information content (AvgIpc) is 3.23. The molecule has 2 heterocycles. The maximum absolute atomic E-state index is 12.3. The van der Waals surface area contributed by atoms with Crippen LogP contribution in [0.2, 0.25) is 5.02 Å². The van der Waals surface area contributed by atoms with Gasteiger partial charge in [-0.3, -0.25) is 4.79 Å². The van der Waals surface area contributed by atoms with Crippen LogP contribution in [-0.2, 0) is 17.6 Å². The Morgan fingerprint density at radius 2 is 2.18 bits per heavy atom. The topological polar surface area (TPSA) is 73.3 Å². The summed E-state index contributed by atoms with van der Waals surface area (Å²) in [6, 6.07) is 4.00. The Bertz CT molecular complexity index is 1040. The molecule has 0 aliphatic heterocycles. The van der Waals surface area contributed by atoms with E-state index >= 15 is 0 Å². The van der Waals surface area contributed by atoms with Gasteiger partial charge in [0, 0.05) is 10.6 Å². The van der Waals surface area contributed by atoms with Gasteiger partial charge >= 0.3 is 6.61 Å². The predicted molar refractivity (Wildman–Crippen MR) is 102 cm³/mol. The molecule has 0 atom stereocenters. The van der Waals surface area contributed by atoms with Crippen molar-refractivity contribution < 1.29 is 23.0 Å². The van der Waals surface area contributed by atoms with Gasteiger partial charge in [0.1, 0.15) is 16.9 Å². The second-order valence-electron chi connectivity index (χ2n) is 6.08. The predicted octanol–water partition coefficient (Wildman–Crippen LogP) is 4.45. The van der Waals surface area contributed by atoms with Crippen LogP contribution in [0.3, 0.4) is 0 Å². The smallest absolute Gasteiger partial charge is 0.387 e. The lowest BCUT2D eigenvalue weighted by atomic mass is 10.2. The van der Waals surface area contributed by atoms with Crippen molar-refractivity contribution in [2.45, 2.75) is 25.9 Å². The van der Waals surface area contributed by atoms with E-state index in [2.05, 4.69) is 20.0 Å². The van der Waals surface area contributed by atoms with Crippen molar-refractivity contribution in [2.24, 2.45) is 0 Å². The number of fused-ring (bicyclic) bond motifs is 3. The first-order valence-corrected chi connectivity index (χ1v) is 9.63. The molecule has 2 aromatic heterocycles. The highest BCUT2D eigenvalue weighted by molar-refractivity contribution is 7.18. The highest BCUT2D eigenvalue weighted by atomic mass is 35.5. The summed E-state index contributed by atoms with van der Waals surface area (Å²) < 4.78 is 34.4. The average molecular weight is 426 g/mol. The SMILES string of the molecule is O=C(COc1ncnc2sc3c(c12)CCC3)Nc1ccc(OC(F)F)c(Cl)c1. The molecular weight excluding hydrogens is 412 g/mol. The number of hydrogen-bond donors (Lipinski definition) is 1. The third-order valence-corrected chi connectivity index (χ3v) is 5.73. The van der Waals surface area contributed by atoms with Gasteiger partial charge in [-0.1, -0.05) is 11.6 Å². The zero-order valence-corrected chi connectivity index (χ0v) is 15.9. The van der Waals surface area contributed by atoms with Crippen LogP contribution in [0, 0.1) is 0 Å². The molecule has 0 fully saturated rings. The largest absolute Gasteiger partial charge is 0.467 e. The minimum atomic E-state index is -2.98. The zero-order chi connectivity index (χ0) is 19.7. The van der Waals surface area contributed by atoms with E-state index in [0.29, 0.717) is 11.6 Å². The van der Waals surface area contributed by atoms with Gasteiger partial charge in [0.25, 0.3) is 5.91 Å². The number of alkyl halides is 2. The van der Waals surface area contributed by atoms with Gasteiger partial charge in [0.05, 0.1) is 10.4 Å². The second-order valence-corrected chi connectivity index (χ2v) is 7.57. The lowest BCUT2D eigenvalue weighted by Crippen LogP contribution is -2.20. The van der Waals surface area contributed by atoms with Gasteiger partial charge in [0.2, 0.25) is 5.88 Å². The molecular formula is C18H14ClF2N3O3S. The summed E-state index contributed by atoms with van der Waals surface area (Å²) in [6.07, 6.45) is 4.50. The number of nitrogens with one attached hydrogen (secondary N) is 1. The van der Waals surface area contributed by atoms with Crippen LogP contribution < -0.4 is 14.8 Å². The van der Waals surface area contributed by atoms with Crippen LogP contribution in [-0.4, -0.2) is 29.1 Å². The molecule has 146 valence electrons. The molecule has 0 bridgehead atoms. The van der Waals surface area contributed by atoms with Crippen molar-refractivity contribution in [3.8, 4) is 11.6 Å². The van der Waals surface area contributed by atoms with E-state index in [9.17, 15) is 13.6 Å². The molecule has 0 radical (unpaired) electrons. The highest BCUT2D eigenvalue weighted by Crippen LogP contribution is 2.39. The summed E-state index contributed by atoms with van der Waals surface area (Å²) in [4.78, 5) is 22.8. The summed E-state index contributed by atoms with van der Waals surface area (Å²) in [6.45, 7) is -3.24. The van der Waals surface area contributed by atoms with Gasteiger partial charge in [0.15, 0.2) is 6.61 Å². The summed E-state index contributed by atoms with van der Waals surface area (Å²) in [7, 11) is 0. The molecule has 0 spiro atoms. The third kappa shape index (κ3) is 3.85. The number of hydrogen-bond acceptors (Lipinski definition) is 6. The van der Waals surface area contributed by atoms with E-state index in [1.54, 1.807) is 11.3 Å². The molecule has 1 aliphatic rings. The molecule has 0 unspecified atom stereocenters. The number of nitrogens with zero attached hydrogens (tertiary/aromatic N) is 2. The number of aryl methyl sites for hydroxylation is 2. The Balaban J connectivity index is 1.43. The minimum Gasteiger partial charge on any atom is -0.467 e. The number of carbonyl (C=O) groups excluding carboxylic acids is 1. The molecule has 1 N–H and O–H groups in total. The van der Waals surface area contributed by atoms with Gasteiger partial charge in [-0.2, -0.15) is 8.78 Å². The van der Waals surface area contributed by atoms with Crippen LogP contribution in [0.15, 0.2) is 24.5 Å². The second kappa shape index (κ2) is 7.84. The van der Waals surface area contributed by atoms with Gasteiger partial charge in [-0.15, -0.1) is 11.3 Å². The van der Waals surface area contributed by atoms with Crippen LogP contribution in [0.25, 0.3) is 10.2 Å². The molecule has 1 aliphatic carbocycles. The maximum atomic E-state index is 12.3. The molecule has 6 nitrogen and oxygen atoms in total. The first kappa shape index (κ1) is 18.8. The molecule has 0 saturated heterocycles. The lowest BCUT2D eigenvalue weighted by Gasteiger charge is -2.10. The van der Waals surface area contributed by atoms with E-state index in [1.165, 1.54) is 35.0 Å². The van der Waals surface area contributed by atoms with Crippen LogP contribution in [0.1, 0.15) is 16.9 Å². The fourth-order valence-corrected chi connectivity index (χ4v) is 4.55. The fraction of sp³-hybridized carbons (Fsp3) is 0.278. The van der Waals surface area contributed by atoms with E-state index < -0.39 is 12.5 Å². The Labute approximate surface area is 167 Å². The highest BCUT2D eigenvalue weighted by Gasteiger charge is 2.22. The number of ether oxygens (including phenoxy) is 2.